The summed E-state index contributed by atoms with van der Waals surface area (Å²) >= 11 is 1.65. The lowest BCUT2D eigenvalue weighted by Crippen LogP contribution is -2.46. The van der Waals surface area contributed by atoms with Crippen LogP contribution in [0.5, 0.6) is 0 Å². The number of carbonyl (C=O) groups excluding carboxylic acids is 1. The molecule has 210 valence electrons. The molecule has 0 radical (unpaired) electrons. The van der Waals surface area contributed by atoms with Crippen molar-refractivity contribution in [1.29, 1.82) is 0 Å². The predicted octanol–water partition coefficient (Wildman–Crippen LogP) is 5.36. The van der Waals surface area contributed by atoms with Gasteiger partial charge >= 0.3 is 5.97 Å². The molecule has 6 rings (SSSR count). The molecule has 1 N–H and O–H groups in total. The summed E-state index contributed by atoms with van der Waals surface area (Å²) in [6, 6.07) is 10.2. The summed E-state index contributed by atoms with van der Waals surface area (Å²) in [5, 5.41) is 12.3. The smallest absolute Gasteiger partial charge is 0.351 e. The SMILES string of the molecule is Cc1nc(C)c(-c2ccc3cc(C4C(C5CCCCC5)C=C(C(=O)O)N4CC(=O)N4CCOCC4)ccc3n2)s1. The van der Waals surface area contributed by atoms with Gasteiger partial charge in [0.2, 0.25) is 5.91 Å². The number of morpholine rings is 1. The Morgan fingerprint density at radius 1 is 1.05 bits per heavy atom. The van der Waals surface area contributed by atoms with Crippen LogP contribution in [0, 0.1) is 25.7 Å². The molecule has 3 aliphatic rings. The van der Waals surface area contributed by atoms with Crippen molar-refractivity contribution in [3.05, 3.63) is 58.4 Å². The zero-order valence-electron chi connectivity index (χ0n) is 23.1. The number of ether oxygens (including phenoxy) is 1. The first-order valence-corrected chi connectivity index (χ1v) is 15.1. The number of aryl methyl sites for hydroxylation is 2. The third-order valence-corrected chi connectivity index (χ3v) is 9.73. The van der Waals surface area contributed by atoms with E-state index in [-0.39, 0.29) is 30.1 Å². The van der Waals surface area contributed by atoms with Gasteiger partial charge in [-0.2, -0.15) is 0 Å². The van der Waals surface area contributed by atoms with Crippen LogP contribution in [0.25, 0.3) is 21.5 Å². The van der Waals surface area contributed by atoms with Gasteiger partial charge in [0.05, 0.1) is 52.6 Å². The van der Waals surface area contributed by atoms with E-state index in [0.29, 0.717) is 32.2 Å². The predicted molar refractivity (Wildman–Crippen MR) is 155 cm³/mol. The molecule has 40 heavy (non-hydrogen) atoms. The molecule has 1 aromatic carbocycles. The van der Waals surface area contributed by atoms with Crippen molar-refractivity contribution in [2.24, 2.45) is 11.8 Å². The van der Waals surface area contributed by atoms with Crippen LogP contribution in [0.2, 0.25) is 0 Å². The molecular formula is C31H36N4O4S. The highest BCUT2D eigenvalue weighted by molar-refractivity contribution is 7.15. The molecule has 2 aliphatic heterocycles. The topological polar surface area (TPSA) is 95.9 Å². The van der Waals surface area contributed by atoms with E-state index < -0.39 is 5.97 Å². The van der Waals surface area contributed by atoms with Gasteiger partial charge < -0.3 is 19.6 Å². The molecule has 2 fully saturated rings. The fraction of sp³-hybridized carbons (Fsp3) is 0.484. The minimum Gasteiger partial charge on any atom is -0.477 e. The summed E-state index contributed by atoms with van der Waals surface area (Å²) in [4.78, 5) is 40.1. The van der Waals surface area contributed by atoms with Gasteiger partial charge in [-0.25, -0.2) is 14.8 Å². The van der Waals surface area contributed by atoms with Crippen molar-refractivity contribution in [2.75, 3.05) is 32.8 Å². The van der Waals surface area contributed by atoms with Crippen molar-refractivity contribution in [3.63, 3.8) is 0 Å². The minimum absolute atomic E-state index is 0.0383. The largest absolute Gasteiger partial charge is 0.477 e. The third-order valence-electron chi connectivity index (χ3n) is 8.63. The average molecular weight is 561 g/mol. The van der Waals surface area contributed by atoms with Crippen LogP contribution in [-0.2, 0) is 14.3 Å². The van der Waals surface area contributed by atoms with Crippen molar-refractivity contribution in [1.82, 2.24) is 19.8 Å². The minimum atomic E-state index is -0.972. The van der Waals surface area contributed by atoms with Gasteiger partial charge in [-0.1, -0.05) is 31.4 Å². The summed E-state index contributed by atoms with van der Waals surface area (Å²) in [6.45, 7) is 6.18. The van der Waals surface area contributed by atoms with E-state index >= 15 is 0 Å². The summed E-state index contributed by atoms with van der Waals surface area (Å²) < 4.78 is 5.43. The Morgan fingerprint density at radius 2 is 1.82 bits per heavy atom. The number of aromatic nitrogens is 2. The third kappa shape index (κ3) is 5.24. The molecule has 1 saturated heterocycles. The zero-order chi connectivity index (χ0) is 27.8. The van der Waals surface area contributed by atoms with Gasteiger partial charge in [-0.15, -0.1) is 11.3 Å². The van der Waals surface area contributed by atoms with E-state index in [0.717, 1.165) is 63.4 Å². The van der Waals surface area contributed by atoms with Gasteiger partial charge in [0, 0.05) is 24.4 Å². The number of fused-ring (bicyclic) bond motifs is 1. The summed E-state index contributed by atoms with van der Waals surface area (Å²) in [5.74, 6) is -0.589. The molecule has 1 aliphatic carbocycles. The Labute approximate surface area is 238 Å². The average Bonchev–Trinajstić information content (AvgIpc) is 3.52. The highest BCUT2D eigenvalue weighted by Gasteiger charge is 2.43. The van der Waals surface area contributed by atoms with E-state index in [1.165, 1.54) is 6.42 Å². The number of carbonyl (C=O) groups is 2. The number of amides is 1. The molecule has 8 nitrogen and oxygen atoms in total. The lowest BCUT2D eigenvalue weighted by molar-refractivity contribution is -0.138. The van der Waals surface area contributed by atoms with Crippen LogP contribution in [0.1, 0.15) is 54.4 Å². The number of rotatable bonds is 6. The van der Waals surface area contributed by atoms with Crippen LogP contribution < -0.4 is 0 Å². The second-order valence-electron chi connectivity index (χ2n) is 11.2. The maximum Gasteiger partial charge on any atom is 0.351 e. The zero-order valence-corrected chi connectivity index (χ0v) is 24.0. The quantitative estimate of drug-likeness (QED) is 0.434. The van der Waals surface area contributed by atoms with Crippen LogP contribution >= 0.6 is 11.3 Å². The summed E-state index contributed by atoms with van der Waals surface area (Å²) in [5.41, 5.74) is 4.06. The Bertz CT molecular complexity index is 1450. The first-order valence-electron chi connectivity index (χ1n) is 14.3. The van der Waals surface area contributed by atoms with Crippen molar-refractivity contribution in [2.45, 2.75) is 52.0 Å². The van der Waals surface area contributed by atoms with Gasteiger partial charge in [0.25, 0.3) is 0 Å². The molecular weight excluding hydrogens is 524 g/mol. The first-order chi connectivity index (χ1) is 19.4. The molecule has 2 unspecified atom stereocenters. The number of aliphatic carboxylic acids is 1. The number of thiazole rings is 1. The van der Waals surface area contributed by atoms with E-state index in [9.17, 15) is 14.7 Å². The van der Waals surface area contributed by atoms with Gasteiger partial charge in [0.1, 0.15) is 5.70 Å². The Hall–Kier alpha value is -3.30. The number of benzene rings is 1. The van der Waals surface area contributed by atoms with Gasteiger partial charge in [-0.05, 0) is 62.4 Å². The molecule has 1 saturated carbocycles. The van der Waals surface area contributed by atoms with Gasteiger partial charge in [0.15, 0.2) is 0 Å². The second-order valence-corrected chi connectivity index (χ2v) is 12.4. The Morgan fingerprint density at radius 3 is 2.52 bits per heavy atom. The highest BCUT2D eigenvalue weighted by Crippen LogP contribution is 2.47. The highest BCUT2D eigenvalue weighted by atomic mass is 32.1. The number of pyridine rings is 1. The fourth-order valence-corrected chi connectivity index (χ4v) is 7.59. The lowest BCUT2D eigenvalue weighted by Gasteiger charge is -2.37. The normalized spacial score (nSPS) is 22.1. The number of hydrogen-bond acceptors (Lipinski definition) is 7. The number of nitrogens with zero attached hydrogens (tertiary/aromatic N) is 4. The molecule has 1 amide bonds. The fourth-order valence-electron chi connectivity index (χ4n) is 6.70. The van der Waals surface area contributed by atoms with E-state index in [1.807, 2.05) is 37.0 Å². The van der Waals surface area contributed by atoms with Crippen LogP contribution in [0.4, 0.5) is 0 Å². The number of carboxylic acids is 1. The molecule has 4 heterocycles. The molecule has 2 atom stereocenters. The molecule has 0 spiro atoms. The maximum absolute atomic E-state index is 13.4. The molecule has 2 aromatic heterocycles. The van der Waals surface area contributed by atoms with Gasteiger partial charge in [-0.3, -0.25) is 4.79 Å². The number of carboxylic acid groups (broad SMARTS) is 1. The van der Waals surface area contributed by atoms with E-state index in [2.05, 4.69) is 23.2 Å². The standard InChI is InChI=1S/C31H36N4O4S/c1-19-30(40-20(2)32-19)26-11-8-22-16-23(9-10-25(22)33-26)29-24(21-6-4-3-5-7-21)17-27(31(37)38)35(29)18-28(36)34-12-14-39-15-13-34/h8-11,16-17,21,24,29H,3-7,12-15,18H2,1-2H3,(H,37,38). The van der Waals surface area contributed by atoms with E-state index in [1.54, 1.807) is 16.2 Å². The summed E-state index contributed by atoms with van der Waals surface area (Å²) in [6.07, 6.45) is 7.67. The second kappa shape index (κ2) is 11.3. The Kier molecular flexibility index (Phi) is 7.59. The summed E-state index contributed by atoms with van der Waals surface area (Å²) in [7, 11) is 0. The molecule has 9 heteroatoms. The van der Waals surface area contributed by atoms with E-state index in [4.69, 9.17) is 9.72 Å². The molecule has 3 aromatic rings. The maximum atomic E-state index is 13.4. The van der Waals surface area contributed by atoms with Crippen molar-refractivity contribution in [3.8, 4) is 10.6 Å². The van der Waals surface area contributed by atoms with Crippen molar-refractivity contribution < 1.29 is 19.4 Å². The first kappa shape index (κ1) is 26.9. The lowest BCUT2D eigenvalue weighted by atomic mass is 9.75. The van der Waals surface area contributed by atoms with Crippen LogP contribution in [0.15, 0.2) is 42.1 Å². The monoisotopic (exact) mass is 560 g/mol. The Balaban J connectivity index is 1.37. The van der Waals surface area contributed by atoms with Crippen molar-refractivity contribution >= 4 is 34.1 Å². The van der Waals surface area contributed by atoms with Crippen LogP contribution in [0.3, 0.4) is 0 Å². The van der Waals surface area contributed by atoms with Crippen LogP contribution in [-0.4, -0.2) is 69.6 Å². The number of hydrogen-bond donors (Lipinski definition) is 1. The molecule has 0 bridgehead atoms.